The molecule has 0 aliphatic carbocycles. The highest BCUT2D eigenvalue weighted by Crippen LogP contribution is 2.45. The van der Waals surface area contributed by atoms with E-state index < -0.39 is 79.4 Å². The summed E-state index contributed by atoms with van der Waals surface area (Å²) in [5, 5.41) is 80.0. The van der Waals surface area contributed by atoms with Gasteiger partial charge in [0.05, 0.1) is 13.2 Å². The number of ketones is 1. The molecule has 0 spiro atoms. The second-order valence-electron chi connectivity index (χ2n) is 6.95. The van der Waals surface area contributed by atoms with E-state index in [4.69, 9.17) is 14.2 Å². The fourth-order valence-corrected chi connectivity index (χ4v) is 3.39. The molecule has 0 aromatic rings. The van der Waals surface area contributed by atoms with Crippen LogP contribution in [0.15, 0.2) is 12.7 Å². The Bertz CT molecular complexity index is 596. The van der Waals surface area contributed by atoms with Crippen molar-refractivity contribution in [1.29, 1.82) is 0 Å². The summed E-state index contributed by atoms with van der Waals surface area (Å²) in [5.41, 5.74) is -2.70. The van der Waals surface area contributed by atoms with Crippen LogP contribution in [0.5, 0.6) is 0 Å². The van der Waals surface area contributed by atoms with Gasteiger partial charge in [0, 0.05) is 0 Å². The summed E-state index contributed by atoms with van der Waals surface area (Å²) in [7, 11) is 0. The molecule has 2 heterocycles. The lowest BCUT2D eigenvalue weighted by atomic mass is 9.78. The molecule has 0 bridgehead atoms. The zero-order valence-electron chi connectivity index (χ0n) is 15.1. The SMILES string of the molecule is C=CC(=O)[C@@]1(OC2(CO)O[C@H](CO)[C@@H](O)[C@@H]2O)O[C@H](CO)[C@@H](O)[C@H](O)[C@@]1(C)O. The van der Waals surface area contributed by atoms with E-state index in [2.05, 4.69) is 6.58 Å². The van der Waals surface area contributed by atoms with Gasteiger partial charge in [-0.15, -0.1) is 0 Å². The molecule has 0 aromatic carbocycles. The van der Waals surface area contributed by atoms with E-state index in [0.717, 1.165) is 6.92 Å². The Labute approximate surface area is 159 Å². The molecule has 2 saturated heterocycles. The Hall–Kier alpha value is -1.03. The van der Waals surface area contributed by atoms with Crippen LogP contribution in [-0.4, -0.2) is 120 Å². The van der Waals surface area contributed by atoms with Crippen LogP contribution in [0.1, 0.15) is 6.92 Å². The first kappa shape index (κ1) is 23.3. The van der Waals surface area contributed by atoms with Gasteiger partial charge < -0.3 is 55.1 Å². The van der Waals surface area contributed by atoms with Gasteiger partial charge in [-0.25, -0.2) is 0 Å². The summed E-state index contributed by atoms with van der Waals surface area (Å²) in [6, 6.07) is 0. The maximum absolute atomic E-state index is 12.7. The summed E-state index contributed by atoms with van der Waals surface area (Å²) in [5.74, 6) is -6.70. The molecule has 12 nitrogen and oxygen atoms in total. The molecule has 28 heavy (non-hydrogen) atoms. The number of aliphatic hydroxyl groups is 8. The van der Waals surface area contributed by atoms with Gasteiger partial charge in [0.25, 0.3) is 5.79 Å². The van der Waals surface area contributed by atoms with Crippen molar-refractivity contribution >= 4 is 5.78 Å². The van der Waals surface area contributed by atoms with E-state index in [9.17, 15) is 45.6 Å². The lowest BCUT2D eigenvalue weighted by molar-refractivity contribution is -0.436. The van der Waals surface area contributed by atoms with E-state index in [-0.39, 0.29) is 0 Å². The zero-order valence-corrected chi connectivity index (χ0v) is 15.1. The number of carbonyl (C=O) groups is 1. The van der Waals surface area contributed by atoms with Crippen LogP contribution in [0.25, 0.3) is 0 Å². The summed E-state index contributed by atoms with van der Waals surface area (Å²) < 4.78 is 16.0. The van der Waals surface area contributed by atoms with Crippen molar-refractivity contribution in [2.75, 3.05) is 19.8 Å². The summed E-state index contributed by atoms with van der Waals surface area (Å²) in [6.07, 6.45) is -10.1. The lowest BCUT2D eigenvalue weighted by Gasteiger charge is -2.54. The predicted octanol–water partition coefficient (Wildman–Crippen LogP) is -4.88. The third-order valence-corrected chi connectivity index (χ3v) is 5.18. The summed E-state index contributed by atoms with van der Waals surface area (Å²) in [6.45, 7) is 1.26. The van der Waals surface area contributed by atoms with E-state index in [1.165, 1.54) is 0 Å². The molecule has 8 N–H and O–H groups in total. The molecule has 2 aliphatic heterocycles. The van der Waals surface area contributed by atoms with E-state index in [1.807, 2.05) is 0 Å². The van der Waals surface area contributed by atoms with Crippen molar-refractivity contribution in [3.8, 4) is 0 Å². The highest BCUT2D eigenvalue weighted by Gasteiger charge is 2.70. The van der Waals surface area contributed by atoms with Crippen molar-refractivity contribution in [3.63, 3.8) is 0 Å². The lowest BCUT2D eigenvalue weighted by Crippen LogP contribution is -2.77. The van der Waals surface area contributed by atoms with Gasteiger partial charge in [0.15, 0.2) is 5.60 Å². The number of hydrogen-bond acceptors (Lipinski definition) is 12. The number of carbonyl (C=O) groups excluding carboxylic acids is 1. The largest absolute Gasteiger partial charge is 0.394 e. The van der Waals surface area contributed by atoms with Crippen LogP contribution in [0.2, 0.25) is 0 Å². The van der Waals surface area contributed by atoms with E-state index >= 15 is 0 Å². The fraction of sp³-hybridized carbons (Fsp3) is 0.812. The first-order valence-corrected chi connectivity index (χ1v) is 8.47. The first-order chi connectivity index (χ1) is 13.0. The molecule has 162 valence electrons. The Morgan fingerprint density at radius 3 is 1.96 bits per heavy atom. The number of rotatable bonds is 7. The minimum absolute atomic E-state index is 0.652. The van der Waals surface area contributed by atoms with Crippen LogP contribution in [0.3, 0.4) is 0 Å². The zero-order chi connectivity index (χ0) is 21.5. The molecule has 2 aliphatic rings. The van der Waals surface area contributed by atoms with E-state index in [0.29, 0.717) is 6.08 Å². The van der Waals surface area contributed by atoms with Gasteiger partial charge in [-0.3, -0.25) is 4.79 Å². The van der Waals surface area contributed by atoms with Crippen molar-refractivity contribution < 1.29 is 59.9 Å². The maximum atomic E-state index is 12.7. The smallest absolute Gasteiger partial charge is 0.268 e. The fourth-order valence-electron chi connectivity index (χ4n) is 3.39. The molecule has 0 amide bonds. The quantitative estimate of drug-likeness (QED) is 0.186. The highest BCUT2D eigenvalue weighted by molar-refractivity contribution is 5.96. The average molecular weight is 410 g/mol. The molecule has 0 radical (unpaired) electrons. The molecule has 9 atom stereocenters. The maximum Gasteiger partial charge on any atom is 0.268 e. The Morgan fingerprint density at radius 2 is 1.54 bits per heavy atom. The van der Waals surface area contributed by atoms with Gasteiger partial charge in [0.2, 0.25) is 11.6 Å². The van der Waals surface area contributed by atoms with Gasteiger partial charge in [-0.05, 0) is 13.0 Å². The minimum atomic E-state index is -2.92. The van der Waals surface area contributed by atoms with Crippen LogP contribution in [0, 0.1) is 0 Å². The van der Waals surface area contributed by atoms with Gasteiger partial charge in [-0.2, -0.15) is 0 Å². The molecule has 2 rings (SSSR count). The summed E-state index contributed by atoms with van der Waals surface area (Å²) in [4.78, 5) is 12.7. The molecule has 1 unspecified atom stereocenters. The van der Waals surface area contributed by atoms with Gasteiger partial charge in [0.1, 0.15) is 43.2 Å². The molecule has 2 fully saturated rings. The minimum Gasteiger partial charge on any atom is -0.394 e. The highest BCUT2D eigenvalue weighted by atomic mass is 16.8. The standard InChI is InChI=1S/C16H26O12/c1-3-9(20)16(14(2,25)12(23)10(21)8(5-18)27-16)28-15(6-19)13(24)11(22)7(4-17)26-15/h3,7-8,10-13,17-19,21-25H,1,4-6H2,2H3/t7-,8-,10-,11-,12+,13+,14-,15?,16+/m1/s1. The van der Waals surface area contributed by atoms with Gasteiger partial charge >= 0.3 is 0 Å². The molecular weight excluding hydrogens is 384 g/mol. The topological polar surface area (TPSA) is 207 Å². The number of ether oxygens (including phenoxy) is 3. The number of aliphatic hydroxyl groups excluding tert-OH is 7. The second-order valence-corrected chi connectivity index (χ2v) is 6.95. The monoisotopic (exact) mass is 410 g/mol. The van der Waals surface area contributed by atoms with E-state index in [1.54, 1.807) is 0 Å². The van der Waals surface area contributed by atoms with Crippen molar-refractivity contribution in [3.05, 3.63) is 12.7 Å². The predicted molar refractivity (Wildman–Crippen MR) is 87.4 cm³/mol. The summed E-state index contributed by atoms with van der Waals surface area (Å²) >= 11 is 0. The van der Waals surface area contributed by atoms with Crippen LogP contribution in [-0.2, 0) is 19.0 Å². The Balaban J connectivity index is 2.59. The second kappa shape index (κ2) is 8.01. The average Bonchev–Trinajstić information content (AvgIpc) is 2.93. The van der Waals surface area contributed by atoms with Crippen molar-refractivity contribution in [2.24, 2.45) is 0 Å². The molecule has 12 heteroatoms. The molecular formula is C16H26O12. The van der Waals surface area contributed by atoms with Crippen molar-refractivity contribution in [2.45, 2.75) is 60.7 Å². The van der Waals surface area contributed by atoms with Crippen LogP contribution >= 0.6 is 0 Å². The third-order valence-electron chi connectivity index (χ3n) is 5.18. The molecule has 0 saturated carbocycles. The Kier molecular flexibility index (Phi) is 6.65. The van der Waals surface area contributed by atoms with Crippen LogP contribution in [0.4, 0.5) is 0 Å². The Morgan fingerprint density at radius 1 is 1.04 bits per heavy atom. The third kappa shape index (κ3) is 3.20. The van der Waals surface area contributed by atoms with Crippen molar-refractivity contribution in [1.82, 2.24) is 0 Å². The molecule has 0 aromatic heterocycles. The first-order valence-electron chi connectivity index (χ1n) is 8.47. The number of hydrogen-bond donors (Lipinski definition) is 8. The van der Waals surface area contributed by atoms with Crippen LogP contribution < -0.4 is 0 Å². The van der Waals surface area contributed by atoms with Gasteiger partial charge in [-0.1, -0.05) is 6.58 Å². The normalized spacial score (nSPS) is 49.2.